The lowest BCUT2D eigenvalue weighted by atomic mass is 10.2. The van der Waals surface area contributed by atoms with Crippen LogP contribution in [-0.4, -0.2) is 36.9 Å². The normalized spacial score (nSPS) is 19.8. The maximum atomic E-state index is 12.9. The zero-order valence-electron chi connectivity index (χ0n) is 13.8. The van der Waals surface area contributed by atoms with Crippen molar-refractivity contribution in [1.29, 1.82) is 0 Å². The molecule has 2 rings (SSSR count). The third-order valence-corrected chi connectivity index (χ3v) is 6.70. The molecule has 0 amide bonds. The lowest BCUT2D eigenvalue weighted by Crippen LogP contribution is -2.43. The van der Waals surface area contributed by atoms with Gasteiger partial charge in [0, 0.05) is 10.1 Å². The van der Waals surface area contributed by atoms with Crippen LogP contribution in [0.3, 0.4) is 0 Å². The van der Waals surface area contributed by atoms with Crippen LogP contribution in [0.25, 0.3) is 0 Å². The Bertz CT molecular complexity index is 709. The highest BCUT2D eigenvalue weighted by atomic mass is 127. The minimum absolute atomic E-state index is 0.225. The van der Waals surface area contributed by atoms with E-state index in [0.29, 0.717) is 19.4 Å². The summed E-state index contributed by atoms with van der Waals surface area (Å²) < 4.78 is 33.3. The Hall–Kier alpha value is -0.670. The van der Waals surface area contributed by atoms with Crippen molar-refractivity contribution in [2.24, 2.45) is 0 Å². The number of benzene rings is 1. The Morgan fingerprint density at radius 2 is 2.00 bits per heavy atom. The highest BCUT2D eigenvalue weighted by Gasteiger charge is 2.41. The fraction of sp³-hybridized carbons (Fsp3) is 0.562. The Labute approximate surface area is 151 Å². The van der Waals surface area contributed by atoms with Crippen LogP contribution in [-0.2, 0) is 19.6 Å². The molecular formula is C16H22INO4S. The molecule has 128 valence electrons. The Morgan fingerprint density at radius 3 is 2.57 bits per heavy atom. The number of ether oxygens (including phenoxy) is 1. The maximum absolute atomic E-state index is 12.9. The summed E-state index contributed by atoms with van der Waals surface area (Å²) in [5.41, 5.74) is 0.392. The van der Waals surface area contributed by atoms with Crippen molar-refractivity contribution < 1.29 is 17.9 Å². The lowest BCUT2D eigenvalue weighted by Gasteiger charge is -2.27. The SMILES string of the molecule is Cc1ccc(S(=O)(=O)N2CCC[C@@H]2C(=O)OC(C)(C)C)cc1I. The maximum Gasteiger partial charge on any atom is 0.324 e. The van der Waals surface area contributed by atoms with Crippen LogP contribution >= 0.6 is 22.6 Å². The van der Waals surface area contributed by atoms with Crippen LogP contribution in [0.5, 0.6) is 0 Å². The zero-order chi connectivity index (χ0) is 17.4. The lowest BCUT2D eigenvalue weighted by molar-refractivity contribution is -0.158. The number of hydrogen-bond donors (Lipinski definition) is 0. The molecule has 1 aromatic carbocycles. The number of sulfonamides is 1. The largest absolute Gasteiger partial charge is 0.459 e. The number of aryl methyl sites for hydroxylation is 1. The van der Waals surface area contributed by atoms with Gasteiger partial charge >= 0.3 is 5.97 Å². The van der Waals surface area contributed by atoms with Gasteiger partial charge in [0.25, 0.3) is 0 Å². The van der Waals surface area contributed by atoms with E-state index >= 15 is 0 Å². The summed E-state index contributed by atoms with van der Waals surface area (Å²) in [4.78, 5) is 12.6. The van der Waals surface area contributed by atoms with Gasteiger partial charge in [-0.25, -0.2) is 8.42 Å². The molecule has 0 N–H and O–H groups in total. The Kier molecular flexibility index (Phi) is 5.42. The molecule has 0 aromatic heterocycles. The number of rotatable bonds is 3. The molecule has 1 fully saturated rings. The number of carbonyl (C=O) groups is 1. The zero-order valence-corrected chi connectivity index (χ0v) is 16.8. The third-order valence-electron chi connectivity index (χ3n) is 3.63. The molecule has 1 atom stereocenters. The molecule has 1 aromatic rings. The molecule has 1 heterocycles. The molecule has 0 aliphatic carbocycles. The van der Waals surface area contributed by atoms with Gasteiger partial charge in [0.05, 0.1) is 4.90 Å². The summed E-state index contributed by atoms with van der Waals surface area (Å²) in [6.45, 7) is 7.61. The molecule has 1 aliphatic heterocycles. The second-order valence-electron chi connectivity index (χ2n) is 6.72. The fourth-order valence-electron chi connectivity index (χ4n) is 2.50. The number of carbonyl (C=O) groups excluding carboxylic acids is 1. The molecule has 0 radical (unpaired) electrons. The molecule has 0 saturated carbocycles. The summed E-state index contributed by atoms with van der Waals surface area (Å²) >= 11 is 2.12. The van der Waals surface area contributed by atoms with Crippen LogP contribution < -0.4 is 0 Å². The number of halogens is 1. The van der Waals surface area contributed by atoms with E-state index in [-0.39, 0.29) is 4.90 Å². The van der Waals surface area contributed by atoms with E-state index in [1.165, 1.54) is 4.31 Å². The van der Waals surface area contributed by atoms with Crippen molar-refractivity contribution in [1.82, 2.24) is 4.31 Å². The van der Waals surface area contributed by atoms with Gasteiger partial charge in [-0.1, -0.05) is 6.07 Å². The van der Waals surface area contributed by atoms with Crippen molar-refractivity contribution in [3.8, 4) is 0 Å². The van der Waals surface area contributed by atoms with Gasteiger partial charge in [0.1, 0.15) is 11.6 Å². The highest BCUT2D eigenvalue weighted by Crippen LogP contribution is 2.29. The highest BCUT2D eigenvalue weighted by molar-refractivity contribution is 14.1. The average molecular weight is 451 g/mol. The Balaban J connectivity index is 2.31. The monoisotopic (exact) mass is 451 g/mol. The number of nitrogens with zero attached hydrogens (tertiary/aromatic N) is 1. The average Bonchev–Trinajstić information content (AvgIpc) is 2.90. The summed E-state index contributed by atoms with van der Waals surface area (Å²) in [5, 5.41) is 0. The van der Waals surface area contributed by atoms with Crippen molar-refractivity contribution in [2.75, 3.05) is 6.54 Å². The number of esters is 1. The second-order valence-corrected chi connectivity index (χ2v) is 9.77. The molecule has 5 nitrogen and oxygen atoms in total. The van der Waals surface area contributed by atoms with E-state index in [2.05, 4.69) is 22.6 Å². The van der Waals surface area contributed by atoms with E-state index < -0.39 is 27.6 Å². The van der Waals surface area contributed by atoms with E-state index in [0.717, 1.165) is 9.13 Å². The van der Waals surface area contributed by atoms with Gasteiger partial charge in [0.15, 0.2) is 0 Å². The van der Waals surface area contributed by atoms with Crippen LogP contribution in [0, 0.1) is 10.5 Å². The molecule has 0 spiro atoms. The van der Waals surface area contributed by atoms with E-state index in [4.69, 9.17) is 4.74 Å². The van der Waals surface area contributed by atoms with Gasteiger partial charge in [-0.3, -0.25) is 4.79 Å². The Morgan fingerprint density at radius 1 is 1.35 bits per heavy atom. The van der Waals surface area contributed by atoms with Crippen molar-refractivity contribution in [3.05, 3.63) is 27.3 Å². The summed E-state index contributed by atoms with van der Waals surface area (Å²) in [6.07, 6.45) is 1.16. The van der Waals surface area contributed by atoms with Crippen LogP contribution in [0.15, 0.2) is 23.1 Å². The summed E-state index contributed by atoms with van der Waals surface area (Å²) in [7, 11) is -3.70. The van der Waals surface area contributed by atoms with E-state index in [1.807, 2.05) is 6.92 Å². The van der Waals surface area contributed by atoms with E-state index in [1.54, 1.807) is 39.0 Å². The number of hydrogen-bond acceptors (Lipinski definition) is 4. The third kappa shape index (κ3) is 4.24. The van der Waals surface area contributed by atoms with Gasteiger partial charge in [-0.2, -0.15) is 4.31 Å². The molecule has 7 heteroatoms. The fourth-order valence-corrected chi connectivity index (χ4v) is 4.90. The molecule has 0 bridgehead atoms. The summed E-state index contributed by atoms with van der Waals surface area (Å²) in [6, 6.07) is 4.29. The molecule has 1 aliphatic rings. The van der Waals surface area contributed by atoms with Crippen molar-refractivity contribution in [3.63, 3.8) is 0 Å². The van der Waals surface area contributed by atoms with Crippen molar-refractivity contribution in [2.45, 2.75) is 57.1 Å². The molecule has 23 heavy (non-hydrogen) atoms. The second kappa shape index (κ2) is 6.68. The first-order valence-corrected chi connectivity index (χ1v) is 10.0. The standard InChI is InChI=1S/C16H22INO4S/c1-11-7-8-12(10-13(11)17)23(20,21)18-9-5-6-14(18)15(19)22-16(2,3)4/h7-8,10,14H,5-6,9H2,1-4H3/t14-/m1/s1. The van der Waals surface area contributed by atoms with Gasteiger partial charge in [-0.05, 0) is 80.8 Å². The van der Waals surface area contributed by atoms with Crippen molar-refractivity contribution >= 4 is 38.6 Å². The first-order valence-electron chi connectivity index (χ1n) is 7.53. The smallest absolute Gasteiger partial charge is 0.324 e. The topological polar surface area (TPSA) is 63.7 Å². The molecular weight excluding hydrogens is 429 g/mol. The predicted octanol–water partition coefficient (Wildman–Crippen LogP) is 3.09. The quantitative estimate of drug-likeness (QED) is 0.524. The van der Waals surface area contributed by atoms with Crippen LogP contribution in [0.1, 0.15) is 39.2 Å². The summed E-state index contributed by atoms with van der Waals surface area (Å²) in [5.74, 6) is -0.472. The first kappa shape index (κ1) is 18.7. The van der Waals surface area contributed by atoms with Gasteiger partial charge < -0.3 is 4.74 Å². The van der Waals surface area contributed by atoms with E-state index in [9.17, 15) is 13.2 Å². The minimum atomic E-state index is -3.70. The predicted molar refractivity (Wildman–Crippen MR) is 96.7 cm³/mol. The first-order chi connectivity index (χ1) is 10.5. The minimum Gasteiger partial charge on any atom is -0.459 e. The van der Waals surface area contributed by atoms with Crippen LogP contribution in [0.4, 0.5) is 0 Å². The van der Waals surface area contributed by atoms with Gasteiger partial charge in [0.2, 0.25) is 10.0 Å². The van der Waals surface area contributed by atoms with Gasteiger partial charge in [-0.15, -0.1) is 0 Å². The van der Waals surface area contributed by atoms with Crippen LogP contribution in [0.2, 0.25) is 0 Å². The molecule has 1 saturated heterocycles. The molecule has 0 unspecified atom stereocenters.